The third-order valence-corrected chi connectivity index (χ3v) is 8.60. The van der Waals surface area contributed by atoms with E-state index < -0.39 is 11.6 Å². The van der Waals surface area contributed by atoms with Gasteiger partial charge in [-0.3, -0.25) is 9.59 Å². The number of benzene rings is 4. The highest BCUT2D eigenvalue weighted by atomic mass is 32.2. The van der Waals surface area contributed by atoms with Gasteiger partial charge in [-0.1, -0.05) is 79.2 Å². The van der Waals surface area contributed by atoms with Crippen LogP contribution < -0.4 is 0 Å². The van der Waals surface area contributed by atoms with Crippen molar-refractivity contribution in [3.05, 3.63) is 108 Å². The number of carbonyl (C=O) groups is 2. The number of carbonyl (C=O) groups excluding carboxylic acids is 2. The van der Waals surface area contributed by atoms with E-state index in [1.165, 1.54) is 12.1 Å². The van der Waals surface area contributed by atoms with Gasteiger partial charge < -0.3 is 0 Å². The van der Waals surface area contributed by atoms with Gasteiger partial charge in [0, 0.05) is 33.8 Å². The lowest BCUT2D eigenvalue weighted by Gasteiger charge is -2.07. The molecule has 0 spiro atoms. The molecular formula is C35H28F2N2O2S2. The minimum absolute atomic E-state index is 0.0189. The fraction of sp³-hybridized carbons (Fsp3) is 0.200. The first kappa shape index (κ1) is 31.7. The zero-order chi connectivity index (χ0) is 30.6. The van der Waals surface area contributed by atoms with Crippen molar-refractivity contribution in [2.45, 2.75) is 54.7 Å². The molecule has 4 aromatic rings. The predicted molar refractivity (Wildman–Crippen MR) is 167 cm³/mol. The van der Waals surface area contributed by atoms with Crippen LogP contribution in [0.3, 0.4) is 0 Å². The van der Waals surface area contributed by atoms with E-state index in [-0.39, 0.29) is 10.2 Å². The van der Waals surface area contributed by atoms with E-state index in [1.54, 1.807) is 72.8 Å². The predicted octanol–water partition coefficient (Wildman–Crippen LogP) is 9.71. The molecule has 0 aliphatic heterocycles. The van der Waals surface area contributed by atoms with E-state index in [0.717, 1.165) is 55.6 Å². The van der Waals surface area contributed by atoms with Crippen LogP contribution >= 0.6 is 23.5 Å². The lowest BCUT2D eigenvalue weighted by molar-refractivity contribution is -0.111. The molecule has 216 valence electrons. The molecule has 0 saturated carbocycles. The summed E-state index contributed by atoms with van der Waals surface area (Å²) in [5, 5.41) is 17.8. The van der Waals surface area contributed by atoms with E-state index in [1.807, 2.05) is 12.1 Å². The third kappa shape index (κ3) is 9.38. The molecule has 0 saturated heterocycles. The summed E-state index contributed by atoms with van der Waals surface area (Å²) in [6.07, 6.45) is 4.86. The van der Waals surface area contributed by atoms with Crippen LogP contribution in [0.15, 0.2) is 94.7 Å². The summed E-state index contributed by atoms with van der Waals surface area (Å²) in [4.78, 5) is 25.9. The Labute approximate surface area is 258 Å². The van der Waals surface area contributed by atoms with Crippen molar-refractivity contribution >= 4 is 33.8 Å². The van der Waals surface area contributed by atoms with Crippen LogP contribution in [0.5, 0.6) is 0 Å². The largest absolute Gasteiger partial charge is 0.287 e. The van der Waals surface area contributed by atoms with Crippen molar-refractivity contribution in [1.82, 2.24) is 0 Å². The molecular weight excluding hydrogens is 583 g/mol. The molecule has 4 rings (SSSR count). The fourth-order valence-electron chi connectivity index (χ4n) is 4.47. The molecule has 4 aromatic carbocycles. The molecule has 8 heteroatoms. The van der Waals surface area contributed by atoms with Gasteiger partial charge in [0.05, 0.1) is 23.3 Å². The molecule has 0 heterocycles. The summed E-state index contributed by atoms with van der Waals surface area (Å²) in [6.45, 7) is 0. The molecule has 0 aromatic heterocycles. The third-order valence-electron chi connectivity index (χ3n) is 6.76. The van der Waals surface area contributed by atoms with E-state index >= 15 is 0 Å². The summed E-state index contributed by atoms with van der Waals surface area (Å²) in [5.41, 5.74) is 3.19. The smallest absolute Gasteiger partial charge is 0.193 e. The minimum atomic E-state index is -0.416. The zero-order valence-corrected chi connectivity index (χ0v) is 24.9. The number of nitrogens with zero attached hydrogens (tertiary/aromatic N) is 2. The fourth-order valence-corrected chi connectivity index (χ4v) is 6.09. The van der Waals surface area contributed by atoms with E-state index in [4.69, 9.17) is 10.5 Å². The number of unbranched alkanes of at least 4 members (excludes halogenated alkanes) is 4. The molecule has 0 aliphatic carbocycles. The second-order valence-corrected chi connectivity index (χ2v) is 12.1. The van der Waals surface area contributed by atoms with Gasteiger partial charge in [0.1, 0.15) is 11.6 Å². The number of nitriles is 2. The van der Waals surface area contributed by atoms with E-state index in [9.17, 15) is 18.4 Å². The maximum absolute atomic E-state index is 14.7. The van der Waals surface area contributed by atoms with Gasteiger partial charge in [-0.25, -0.2) is 8.78 Å². The SMILES string of the molecule is N#Cc1ccc(-c2ccc(SC(=O)CCCCCCCC(=O)Sc3ccc(-c4ccc(C#N)cc4)c(F)c3)cc2F)cc1. The van der Waals surface area contributed by atoms with Crippen molar-refractivity contribution in [3.63, 3.8) is 0 Å². The molecule has 0 atom stereocenters. The van der Waals surface area contributed by atoms with E-state index in [2.05, 4.69) is 0 Å². The first-order chi connectivity index (χ1) is 20.9. The Hall–Kier alpha value is -4.24. The molecule has 0 radical (unpaired) electrons. The Balaban J connectivity index is 1.11. The van der Waals surface area contributed by atoms with Gasteiger partial charge in [0.25, 0.3) is 0 Å². The van der Waals surface area contributed by atoms with Crippen LogP contribution in [-0.4, -0.2) is 10.2 Å². The molecule has 0 unspecified atom stereocenters. The monoisotopic (exact) mass is 610 g/mol. The van der Waals surface area contributed by atoms with Gasteiger partial charge in [0.15, 0.2) is 10.2 Å². The van der Waals surface area contributed by atoms with Crippen LogP contribution in [0.4, 0.5) is 8.78 Å². The molecule has 0 fully saturated rings. The first-order valence-corrected chi connectivity index (χ1v) is 15.5. The quantitative estimate of drug-likeness (QED) is 0.117. The van der Waals surface area contributed by atoms with Crippen LogP contribution in [0.2, 0.25) is 0 Å². The van der Waals surface area contributed by atoms with Crippen molar-refractivity contribution < 1.29 is 18.4 Å². The topological polar surface area (TPSA) is 81.7 Å². The lowest BCUT2D eigenvalue weighted by atomic mass is 10.0. The summed E-state index contributed by atoms with van der Waals surface area (Å²) in [5.74, 6) is -0.832. The Morgan fingerprint density at radius 3 is 1.28 bits per heavy atom. The van der Waals surface area contributed by atoms with E-state index in [0.29, 0.717) is 56.0 Å². The van der Waals surface area contributed by atoms with Gasteiger partial charge in [-0.2, -0.15) is 10.5 Å². The van der Waals surface area contributed by atoms with Crippen LogP contribution in [-0.2, 0) is 9.59 Å². The number of hydrogen-bond acceptors (Lipinski definition) is 6. The van der Waals surface area contributed by atoms with Crippen molar-refractivity contribution in [1.29, 1.82) is 10.5 Å². The standard InChI is InChI=1S/C35H28F2N2O2S2/c36-32-20-28(16-18-30(32)26-12-8-24(22-38)9-13-26)42-34(40)6-4-2-1-3-5-7-35(41)43-29-17-19-31(33(37)21-29)27-14-10-25(23-39)11-15-27/h8-21H,1-7H2. The van der Waals surface area contributed by atoms with Crippen molar-refractivity contribution in [2.24, 2.45) is 0 Å². The van der Waals surface area contributed by atoms with Gasteiger partial charge in [-0.15, -0.1) is 0 Å². The highest BCUT2D eigenvalue weighted by Crippen LogP contribution is 2.30. The summed E-state index contributed by atoms with van der Waals surface area (Å²) in [7, 11) is 0. The van der Waals surface area contributed by atoms with Gasteiger partial charge in [0.2, 0.25) is 0 Å². The van der Waals surface area contributed by atoms with Crippen LogP contribution in [0.1, 0.15) is 56.1 Å². The Kier molecular flexibility index (Phi) is 11.7. The number of hydrogen-bond donors (Lipinski definition) is 0. The Bertz CT molecular complexity index is 1550. The maximum atomic E-state index is 14.7. The van der Waals surface area contributed by atoms with Crippen LogP contribution in [0.25, 0.3) is 22.3 Å². The number of halogens is 2. The second kappa shape index (κ2) is 15.8. The number of rotatable bonds is 12. The first-order valence-electron chi connectivity index (χ1n) is 13.9. The molecule has 0 N–H and O–H groups in total. The molecule has 4 nitrogen and oxygen atoms in total. The number of thioether (sulfide) groups is 2. The summed E-state index contributed by atoms with van der Waals surface area (Å²) in [6, 6.07) is 26.9. The summed E-state index contributed by atoms with van der Waals surface area (Å²) < 4.78 is 29.3. The highest BCUT2D eigenvalue weighted by Gasteiger charge is 2.12. The van der Waals surface area contributed by atoms with Gasteiger partial charge in [-0.05, 0) is 72.5 Å². The van der Waals surface area contributed by atoms with Crippen molar-refractivity contribution in [3.8, 4) is 34.4 Å². The molecule has 0 amide bonds. The molecule has 43 heavy (non-hydrogen) atoms. The lowest BCUT2D eigenvalue weighted by Crippen LogP contribution is -1.94. The maximum Gasteiger partial charge on any atom is 0.193 e. The normalized spacial score (nSPS) is 10.6. The summed E-state index contributed by atoms with van der Waals surface area (Å²) >= 11 is 2.07. The molecule has 0 aliphatic rings. The second-order valence-electron chi connectivity index (χ2n) is 9.88. The average Bonchev–Trinajstić information content (AvgIpc) is 3.01. The van der Waals surface area contributed by atoms with Crippen molar-refractivity contribution in [2.75, 3.05) is 0 Å². The molecule has 0 bridgehead atoms. The average molecular weight is 611 g/mol. The van der Waals surface area contributed by atoms with Gasteiger partial charge >= 0.3 is 0 Å². The Morgan fingerprint density at radius 1 is 0.558 bits per heavy atom. The highest BCUT2D eigenvalue weighted by molar-refractivity contribution is 8.13. The zero-order valence-electron chi connectivity index (χ0n) is 23.3. The minimum Gasteiger partial charge on any atom is -0.287 e. The Morgan fingerprint density at radius 2 is 0.930 bits per heavy atom. The van der Waals surface area contributed by atoms with Crippen LogP contribution in [0, 0.1) is 34.3 Å².